The second-order valence-corrected chi connectivity index (χ2v) is 10.8. The van der Waals surface area contributed by atoms with Gasteiger partial charge in [-0.25, -0.2) is 0 Å². The third kappa shape index (κ3) is 7.13. The highest BCUT2D eigenvalue weighted by molar-refractivity contribution is 5.93. The van der Waals surface area contributed by atoms with E-state index in [2.05, 4.69) is 10.6 Å². The molecule has 0 spiro atoms. The first-order valence-electron chi connectivity index (χ1n) is 13.1. The molecule has 196 valence electrons. The molecular formula is C26H42N4O5. The van der Waals surface area contributed by atoms with E-state index in [9.17, 15) is 24.3 Å². The molecule has 1 unspecified atom stereocenters. The summed E-state index contributed by atoms with van der Waals surface area (Å²) in [5.41, 5.74) is 7.09. The quantitative estimate of drug-likeness (QED) is 0.303. The highest BCUT2D eigenvalue weighted by Crippen LogP contribution is 2.42. The number of likely N-dealkylation sites (tertiary alicyclic amines) is 1. The molecule has 2 saturated carbocycles. The summed E-state index contributed by atoms with van der Waals surface area (Å²) >= 11 is 0. The number of hydrogen-bond donors (Lipinski definition) is 4. The number of hydrogen-bond acceptors (Lipinski definition) is 6. The van der Waals surface area contributed by atoms with Gasteiger partial charge in [0, 0.05) is 19.0 Å². The van der Waals surface area contributed by atoms with Crippen LogP contribution in [0.25, 0.3) is 0 Å². The molecule has 9 heteroatoms. The molecular weight excluding hydrogens is 448 g/mol. The van der Waals surface area contributed by atoms with E-state index in [1.165, 1.54) is 0 Å². The normalized spacial score (nSPS) is 25.9. The van der Waals surface area contributed by atoms with Gasteiger partial charge < -0.3 is 26.4 Å². The molecule has 0 radical (unpaired) electrons. The number of rotatable bonds is 12. The van der Waals surface area contributed by atoms with Crippen molar-refractivity contribution in [1.29, 1.82) is 0 Å². The van der Waals surface area contributed by atoms with Crippen molar-refractivity contribution in [2.75, 3.05) is 6.54 Å². The van der Waals surface area contributed by atoms with E-state index >= 15 is 0 Å². The fraction of sp³-hybridized carbons (Fsp3) is 0.769. The van der Waals surface area contributed by atoms with Gasteiger partial charge in [-0.3, -0.25) is 19.2 Å². The molecule has 2 aliphatic carbocycles. The van der Waals surface area contributed by atoms with E-state index < -0.39 is 30.1 Å². The number of aliphatic hydroxyl groups is 1. The van der Waals surface area contributed by atoms with E-state index in [-0.39, 0.29) is 48.3 Å². The Labute approximate surface area is 208 Å². The highest BCUT2D eigenvalue weighted by Gasteiger charge is 2.50. The predicted molar refractivity (Wildman–Crippen MR) is 132 cm³/mol. The first-order valence-corrected chi connectivity index (χ1v) is 13.1. The van der Waals surface area contributed by atoms with Crippen LogP contribution in [0.15, 0.2) is 11.6 Å². The SMILES string of the molecule is CCC[C@H](NC(=O)[C@@H]1[C@H]2CCC[C@H]2CN1C(=O)[C@@H](N)CCC(=O)C=C(C)C)C(O)C(=O)NC1CC1. The van der Waals surface area contributed by atoms with E-state index in [4.69, 9.17) is 5.73 Å². The number of fused-ring (bicyclic) bond motifs is 1. The van der Waals surface area contributed by atoms with Gasteiger partial charge in [0.15, 0.2) is 11.9 Å². The summed E-state index contributed by atoms with van der Waals surface area (Å²) in [5.74, 6) is -0.907. The Balaban J connectivity index is 1.68. The number of aliphatic hydroxyl groups excluding tert-OH is 1. The van der Waals surface area contributed by atoms with Crippen molar-refractivity contribution in [1.82, 2.24) is 15.5 Å². The molecule has 3 rings (SSSR count). The fourth-order valence-electron chi connectivity index (χ4n) is 5.48. The maximum Gasteiger partial charge on any atom is 0.251 e. The average Bonchev–Trinajstić information content (AvgIpc) is 3.36. The molecule has 3 fully saturated rings. The molecule has 0 aromatic carbocycles. The lowest BCUT2D eigenvalue weighted by atomic mass is 9.92. The highest BCUT2D eigenvalue weighted by atomic mass is 16.3. The van der Waals surface area contributed by atoms with Gasteiger partial charge in [0.1, 0.15) is 6.04 Å². The lowest BCUT2D eigenvalue weighted by molar-refractivity contribution is -0.142. The minimum Gasteiger partial charge on any atom is -0.381 e. The lowest BCUT2D eigenvalue weighted by Crippen LogP contribution is -2.57. The molecule has 0 aromatic rings. The summed E-state index contributed by atoms with van der Waals surface area (Å²) in [4.78, 5) is 52.8. The summed E-state index contributed by atoms with van der Waals surface area (Å²) in [6.07, 6.45) is 6.37. The maximum absolute atomic E-state index is 13.5. The van der Waals surface area contributed by atoms with Crippen LogP contribution in [-0.2, 0) is 19.2 Å². The number of amides is 3. The summed E-state index contributed by atoms with van der Waals surface area (Å²) < 4.78 is 0. The Morgan fingerprint density at radius 2 is 1.83 bits per heavy atom. The number of ketones is 1. The summed E-state index contributed by atoms with van der Waals surface area (Å²) in [6.45, 7) is 6.08. The van der Waals surface area contributed by atoms with Crippen molar-refractivity contribution >= 4 is 23.5 Å². The number of nitrogens with zero attached hydrogens (tertiary/aromatic N) is 1. The van der Waals surface area contributed by atoms with Crippen LogP contribution in [0.3, 0.4) is 0 Å². The standard InChI is InChI=1S/C26H42N4O5/c1-4-6-21(23(32)25(34)28-17-9-10-17)29-24(33)22-19-8-5-7-16(19)14-30(22)26(35)20(27)12-11-18(31)13-15(2)3/h13,16-17,19-23,32H,4-12,14,27H2,1-3H3,(H,28,34)(H,29,33)/t16-,19-,20-,21-,22-,23?/m0/s1. The minimum atomic E-state index is -1.34. The van der Waals surface area contributed by atoms with E-state index in [1.54, 1.807) is 11.0 Å². The van der Waals surface area contributed by atoms with E-state index in [0.29, 0.717) is 19.4 Å². The third-order valence-electron chi connectivity index (χ3n) is 7.41. The van der Waals surface area contributed by atoms with Crippen molar-refractivity contribution in [2.45, 2.75) is 109 Å². The van der Waals surface area contributed by atoms with Crippen molar-refractivity contribution in [3.8, 4) is 0 Å². The third-order valence-corrected chi connectivity index (χ3v) is 7.41. The number of carbonyl (C=O) groups excluding carboxylic acids is 4. The number of nitrogens with two attached hydrogens (primary N) is 1. The van der Waals surface area contributed by atoms with Crippen molar-refractivity contribution in [3.05, 3.63) is 11.6 Å². The lowest BCUT2D eigenvalue weighted by Gasteiger charge is -2.31. The topological polar surface area (TPSA) is 142 Å². The molecule has 0 bridgehead atoms. The summed E-state index contributed by atoms with van der Waals surface area (Å²) in [5, 5.41) is 16.3. The van der Waals surface area contributed by atoms with Gasteiger partial charge in [-0.15, -0.1) is 0 Å². The fourth-order valence-corrected chi connectivity index (χ4v) is 5.48. The predicted octanol–water partition coefficient (Wildman–Crippen LogP) is 1.18. The van der Waals surface area contributed by atoms with Crippen LogP contribution in [0.4, 0.5) is 0 Å². The smallest absolute Gasteiger partial charge is 0.251 e. The first-order chi connectivity index (χ1) is 16.6. The number of nitrogens with one attached hydrogen (secondary N) is 2. The van der Waals surface area contributed by atoms with Crippen LogP contribution < -0.4 is 16.4 Å². The van der Waals surface area contributed by atoms with Crippen LogP contribution in [0.1, 0.15) is 78.6 Å². The Kier molecular flexibility index (Phi) is 9.47. The largest absolute Gasteiger partial charge is 0.381 e. The molecule has 35 heavy (non-hydrogen) atoms. The second-order valence-electron chi connectivity index (χ2n) is 10.8. The zero-order chi connectivity index (χ0) is 25.7. The van der Waals surface area contributed by atoms with Gasteiger partial charge in [-0.2, -0.15) is 0 Å². The Morgan fingerprint density at radius 3 is 2.46 bits per heavy atom. The minimum absolute atomic E-state index is 0.0400. The molecule has 5 N–H and O–H groups in total. The van der Waals surface area contributed by atoms with Gasteiger partial charge in [0.25, 0.3) is 5.91 Å². The van der Waals surface area contributed by atoms with E-state index in [0.717, 1.165) is 37.7 Å². The van der Waals surface area contributed by atoms with Crippen molar-refractivity contribution < 1.29 is 24.3 Å². The zero-order valence-electron chi connectivity index (χ0n) is 21.3. The van der Waals surface area contributed by atoms with Gasteiger partial charge in [0.2, 0.25) is 11.8 Å². The molecule has 1 heterocycles. The molecule has 9 nitrogen and oxygen atoms in total. The number of allylic oxidation sites excluding steroid dienone is 2. The molecule has 1 aliphatic heterocycles. The van der Waals surface area contributed by atoms with E-state index in [1.807, 2.05) is 20.8 Å². The summed E-state index contributed by atoms with van der Waals surface area (Å²) in [7, 11) is 0. The zero-order valence-corrected chi connectivity index (χ0v) is 21.3. The average molecular weight is 491 g/mol. The van der Waals surface area contributed by atoms with Crippen LogP contribution in [0.2, 0.25) is 0 Å². The molecule has 6 atom stereocenters. The Bertz CT molecular complexity index is 836. The van der Waals surface area contributed by atoms with Crippen LogP contribution in [0.5, 0.6) is 0 Å². The van der Waals surface area contributed by atoms with Gasteiger partial charge in [-0.05, 0) is 70.3 Å². The maximum atomic E-state index is 13.5. The molecule has 1 saturated heterocycles. The molecule has 3 aliphatic rings. The van der Waals surface area contributed by atoms with Gasteiger partial charge >= 0.3 is 0 Å². The van der Waals surface area contributed by atoms with Gasteiger partial charge in [0.05, 0.1) is 12.1 Å². The second kappa shape index (κ2) is 12.1. The first kappa shape index (κ1) is 27.3. The van der Waals surface area contributed by atoms with Crippen molar-refractivity contribution in [2.24, 2.45) is 17.6 Å². The van der Waals surface area contributed by atoms with Crippen LogP contribution >= 0.6 is 0 Å². The monoisotopic (exact) mass is 490 g/mol. The molecule has 0 aromatic heterocycles. The summed E-state index contributed by atoms with van der Waals surface area (Å²) in [6, 6.07) is -2.14. The van der Waals surface area contributed by atoms with Crippen molar-refractivity contribution in [3.63, 3.8) is 0 Å². The molecule has 3 amide bonds. The van der Waals surface area contributed by atoms with Gasteiger partial charge in [-0.1, -0.05) is 25.3 Å². The van der Waals surface area contributed by atoms with Crippen LogP contribution in [-0.4, -0.2) is 70.3 Å². The Morgan fingerprint density at radius 1 is 1.11 bits per heavy atom. The Hall–Kier alpha value is -2.26. The van der Waals surface area contributed by atoms with Crippen LogP contribution in [0, 0.1) is 11.8 Å². The number of carbonyl (C=O) groups is 4.